The molecule has 162 valence electrons. The number of rotatable bonds is 5. The molecule has 0 aromatic heterocycles. The number of aliphatic hydroxyl groups is 1. The molecule has 10 heteroatoms. The van der Waals surface area contributed by atoms with Gasteiger partial charge in [0.25, 0.3) is 5.91 Å². The third kappa shape index (κ3) is 4.43. The van der Waals surface area contributed by atoms with Crippen molar-refractivity contribution in [1.82, 2.24) is 5.48 Å². The Morgan fingerprint density at radius 3 is 2.50 bits per heavy atom. The molecule has 2 aliphatic rings. The van der Waals surface area contributed by atoms with Gasteiger partial charge in [0, 0.05) is 29.8 Å². The largest absolute Gasteiger partial charge is 0.444 e. The molecular formula is C20H24N2O7S. The van der Waals surface area contributed by atoms with Gasteiger partial charge in [-0.15, -0.1) is 0 Å². The Hall–Kier alpha value is -2.61. The van der Waals surface area contributed by atoms with Crippen LogP contribution in [0.2, 0.25) is 0 Å². The molecule has 30 heavy (non-hydrogen) atoms. The predicted octanol–water partition coefficient (Wildman–Crippen LogP) is 0.833. The van der Waals surface area contributed by atoms with E-state index in [1.807, 2.05) is 0 Å². The van der Waals surface area contributed by atoms with Gasteiger partial charge in [-0.05, 0) is 44.0 Å². The molecule has 1 aromatic carbocycles. The van der Waals surface area contributed by atoms with Crippen molar-refractivity contribution in [3.05, 3.63) is 29.8 Å². The fourth-order valence-electron chi connectivity index (χ4n) is 3.42. The van der Waals surface area contributed by atoms with Crippen LogP contribution in [0.5, 0.6) is 0 Å². The van der Waals surface area contributed by atoms with Crippen molar-refractivity contribution in [3.8, 4) is 11.8 Å². The minimum atomic E-state index is -3.90. The zero-order valence-corrected chi connectivity index (χ0v) is 17.5. The third-order valence-electron chi connectivity index (χ3n) is 5.60. The van der Waals surface area contributed by atoms with Crippen molar-refractivity contribution in [3.63, 3.8) is 0 Å². The molecule has 2 amide bonds. The van der Waals surface area contributed by atoms with E-state index in [2.05, 4.69) is 11.8 Å². The van der Waals surface area contributed by atoms with Crippen molar-refractivity contribution in [2.75, 3.05) is 17.7 Å². The number of nitrogens with zero attached hydrogens (tertiary/aromatic N) is 1. The van der Waals surface area contributed by atoms with Crippen molar-refractivity contribution in [1.29, 1.82) is 0 Å². The predicted molar refractivity (Wildman–Crippen MR) is 107 cm³/mol. The zero-order valence-electron chi connectivity index (χ0n) is 16.7. The van der Waals surface area contributed by atoms with Crippen LogP contribution in [-0.4, -0.2) is 60.5 Å². The first-order valence-corrected chi connectivity index (χ1v) is 11.3. The quantitative estimate of drug-likeness (QED) is 0.354. The summed E-state index contributed by atoms with van der Waals surface area (Å²) in [6.45, 7) is 1.24. The lowest BCUT2D eigenvalue weighted by molar-refractivity contribution is -0.132. The Bertz CT molecular complexity index is 990. The fraction of sp³-hybridized carbons (Fsp3) is 0.500. The summed E-state index contributed by atoms with van der Waals surface area (Å²) in [6.07, 6.45) is 0.216. The summed E-state index contributed by atoms with van der Waals surface area (Å²) in [4.78, 5) is 25.6. The number of amides is 2. The molecule has 1 saturated heterocycles. The van der Waals surface area contributed by atoms with E-state index in [4.69, 9.17) is 9.94 Å². The van der Waals surface area contributed by atoms with Crippen LogP contribution in [0.4, 0.5) is 10.5 Å². The van der Waals surface area contributed by atoms with Crippen molar-refractivity contribution in [2.45, 2.75) is 43.1 Å². The van der Waals surface area contributed by atoms with E-state index < -0.39 is 32.7 Å². The molecule has 2 fully saturated rings. The number of hydroxylamine groups is 1. The topological polar surface area (TPSA) is 133 Å². The molecule has 1 saturated carbocycles. The summed E-state index contributed by atoms with van der Waals surface area (Å²) >= 11 is 0. The van der Waals surface area contributed by atoms with Crippen LogP contribution in [0.3, 0.4) is 0 Å². The number of carbonyl (C=O) groups is 2. The first-order chi connectivity index (χ1) is 14.0. The Balaban J connectivity index is 1.69. The van der Waals surface area contributed by atoms with Crippen molar-refractivity contribution >= 4 is 27.5 Å². The van der Waals surface area contributed by atoms with Crippen LogP contribution in [0.1, 0.15) is 31.7 Å². The van der Waals surface area contributed by atoms with Crippen LogP contribution >= 0.6 is 0 Å². The van der Waals surface area contributed by atoms with Crippen LogP contribution in [-0.2, 0) is 19.4 Å². The van der Waals surface area contributed by atoms with Gasteiger partial charge in [-0.2, -0.15) is 0 Å². The molecule has 1 heterocycles. The molecule has 0 radical (unpaired) electrons. The van der Waals surface area contributed by atoms with Gasteiger partial charge in [-0.3, -0.25) is 14.9 Å². The molecule has 1 aliphatic heterocycles. The molecule has 3 N–H and O–H groups in total. The Morgan fingerprint density at radius 2 is 1.97 bits per heavy atom. The number of sulfone groups is 1. The highest BCUT2D eigenvalue weighted by atomic mass is 32.2. The minimum Gasteiger partial charge on any atom is -0.444 e. The van der Waals surface area contributed by atoms with Gasteiger partial charge in [0.2, 0.25) is 0 Å². The number of cyclic esters (lactones) is 1. The lowest BCUT2D eigenvalue weighted by Crippen LogP contribution is -2.51. The second-order valence-electron chi connectivity index (χ2n) is 7.90. The maximum atomic E-state index is 12.3. The van der Waals surface area contributed by atoms with Gasteiger partial charge in [-0.25, -0.2) is 18.7 Å². The van der Waals surface area contributed by atoms with Crippen LogP contribution < -0.4 is 10.4 Å². The zero-order chi connectivity index (χ0) is 22.1. The number of anilines is 1. The van der Waals surface area contributed by atoms with E-state index in [0.29, 0.717) is 18.5 Å². The Kier molecular flexibility index (Phi) is 6.08. The second-order valence-corrected chi connectivity index (χ2v) is 10.3. The highest BCUT2D eigenvalue weighted by Gasteiger charge is 2.48. The number of aliphatic hydroxyl groups excluding tert-OH is 1. The summed E-state index contributed by atoms with van der Waals surface area (Å²) in [5.74, 6) is 5.26. The van der Waals surface area contributed by atoms with Crippen molar-refractivity contribution in [2.24, 2.45) is 5.92 Å². The number of nitrogens with one attached hydrogen (secondary N) is 1. The van der Waals surface area contributed by atoms with Gasteiger partial charge in [0.05, 0.1) is 12.6 Å². The summed E-state index contributed by atoms with van der Waals surface area (Å²) < 4.78 is 27.5. The lowest BCUT2D eigenvalue weighted by Gasteiger charge is -2.26. The van der Waals surface area contributed by atoms with Gasteiger partial charge < -0.3 is 9.84 Å². The number of hydrogen-bond donors (Lipinski definition) is 3. The van der Waals surface area contributed by atoms with E-state index in [1.165, 1.54) is 17.3 Å². The monoisotopic (exact) mass is 436 g/mol. The van der Waals surface area contributed by atoms with E-state index in [1.54, 1.807) is 24.3 Å². The SMILES string of the molecule is C[C@@](C[C@H]1CN(c2ccc(C#CC3CC(O)C3)cc2)C(=O)O1)(C(=O)NO)S(C)(=O)=O. The van der Waals surface area contributed by atoms with Gasteiger partial charge >= 0.3 is 6.09 Å². The summed E-state index contributed by atoms with van der Waals surface area (Å²) in [5, 5.41) is 18.2. The summed E-state index contributed by atoms with van der Waals surface area (Å²) in [6, 6.07) is 6.94. The van der Waals surface area contributed by atoms with Crippen LogP contribution in [0.25, 0.3) is 0 Å². The smallest absolute Gasteiger partial charge is 0.414 e. The minimum absolute atomic E-state index is 0.0631. The standard InChI is InChI=1S/C20H24N2O7S/c1-20(18(24)21-26,30(2,27)28)11-17-12-22(19(25)29-17)15-7-5-13(6-8-15)3-4-14-9-16(23)10-14/h5-8,14,16-17,23,26H,9-12H2,1-2H3,(H,21,24)/t14?,16?,17-,20+/m0/s1. The molecule has 3 rings (SSSR count). The number of ether oxygens (including phenoxy) is 1. The molecule has 0 unspecified atom stereocenters. The number of benzene rings is 1. The molecule has 0 spiro atoms. The normalized spacial score (nSPS) is 25.4. The van der Waals surface area contributed by atoms with Crippen molar-refractivity contribution < 1.29 is 33.1 Å². The van der Waals surface area contributed by atoms with Gasteiger partial charge in [-0.1, -0.05) is 11.8 Å². The molecule has 2 atom stereocenters. The second kappa shape index (κ2) is 8.26. The lowest BCUT2D eigenvalue weighted by atomic mass is 9.83. The van der Waals surface area contributed by atoms with Crippen LogP contribution in [0, 0.1) is 17.8 Å². The average molecular weight is 436 g/mol. The maximum Gasteiger partial charge on any atom is 0.414 e. The Morgan fingerprint density at radius 1 is 1.33 bits per heavy atom. The first-order valence-electron chi connectivity index (χ1n) is 9.45. The highest BCUT2D eigenvalue weighted by Crippen LogP contribution is 2.30. The van der Waals surface area contributed by atoms with Crippen LogP contribution in [0.15, 0.2) is 24.3 Å². The summed E-state index contributed by atoms with van der Waals surface area (Å²) in [7, 11) is -3.90. The third-order valence-corrected chi connectivity index (χ3v) is 7.59. The summed E-state index contributed by atoms with van der Waals surface area (Å²) in [5.41, 5.74) is 2.71. The van der Waals surface area contributed by atoms with E-state index >= 15 is 0 Å². The molecule has 9 nitrogen and oxygen atoms in total. The average Bonchev–Trinajstić information content (AvgIpc) is 3.03. The van der Waals surface area contributed by atoms with Gasteiger partial charge in [0.15, 0.2) is 14.6 Å². The number of carbonyl (C=O) groups excluding carboxylic acids is 2. The van der Waals surface area contributed by atoms with Gasteiger partial charge in [0.1, 0.15) is 6.10 Å². The molecule has 0 bridgehead atoms. The first kappa shape index (κ1) is 22.1. The molecular weight excluding hydrogens is 412 g/mol. The Labute approximate surface area is 174 Å². The fourth-order valence-corrected chi connectivity index (χ4v) is 4.29. The van der Waals surface area contributed by atoms with E-state index in [-0.39, 0.29) is 25.0 Å². The molecule has 1 aliphatic carbocycles. The highest BCUT2D eigenvalue weighted by molar-refractivity contribution is 7.92. The maximum absolute atomic E-state index is 12.3. The molecule has 1 aromatic rings. The van der Waals surface area contributed by atoms with E-state index in [0.717, 1.165) is 11.8 Å². The number of hydrogen-bond acceptors (Lipinski definition) is 7. The van der Waals surface area contributed by atoms with E-state index in [9.17, 15) is 23.1 Å².